The van der Waals surface area contributed by atoms with Gasteiger partial charge in [-0.2, -0.15) is 5.10 Å². The van der Waals surface area contributed by atoms with Crippen LogP contribution in [0.1, 0.15) is 61.0 Å². The molecule has 0 saturated carbocycles. The van der Waals surface area contributed by atoms with Crippen LogP contribution in [0.15, 0.2) is 42.9 Å². The number of halogens is 2. The Morgan fingerprint density at radius 3 is 2.75 bits per heavy atom. The van der Waals surface area contributed by atoms with Crippen molar-refractivity contribution < 1.29 is 18.3 Å². The minimum Gasteiger partial charge on any atom is -0.381 e. The van der Waals surface area contributed by atoms with Crippen LogP contribution in [-0.2, 0) is 28.9 Å². The SMILES string of the molecule is CC(=O)N1CCc2c(c(N3CCCc4cc(-c5ccn6ccnc6c5)c(C(F)F)cc43)nn2C2CCOCC2)C1. The molecule has 0 radical (unpaired) electrons. The highest BCUT2D eigenvalue weighted by Crippen LogP contribution is 2.43. The van der Waals surface area contributed by atoms with Gasteiger partial charge in [-0.3, -0.25) is 9.48 Å². The molecule has 6 heterocycles. The summed E-state index contributed by atoms with van der Waals surface area (Å²) in [5.41, 5.74) is 6.00. The number of aromatic nitrogens is 4. The lowest BCUT2D eigenvalue weighted by atomic mass is 9.92. The number of hydrogen-bond acceptors (Lipinski definition) is 5. The molecule has 0 atom stereocenters. The van der Waals surface area contributed by atoms with E-state index < -0.39 is 6.43 Å². The fraction of sp³-hybridized carbons (Fsp3) is 0.433. The lowest BCUT2D eigenvalue weighted by molar-refractivity contribution is -0.129. The molecule has 208 valence electrons. The molecule has 10 heteroatoms. The maximum absolute atomic E-state index is 14.6. The van der Waals surface area contributed by atoms with Crippen molar-refractivity contribution in [1.29, 1.82) is 0 Å². The predicted octanol–water partition coefficient (Wildman–Crippen LogP) is 5.48. The van der Waals surface area contributed by atoms with E-state index >= 15 is 0 Å². The Kier molecular flexibility index (Phi) is 6.30. The number of amides is 1. The highest BCUT2D eigenvalue weighted by Gasteiger charge is 2.34. The summed E-state index contributed by atoms with van der Waals surface area (Å²) >= 11 is 0. The van der Waals surface area contributed by atoms with Crippen LogP contribution < -0.4 is 4.90 Å². The molecule has 0 unspecified atom stereocenters. The molecule has 8 nitrogen and oxygen atoms in total. The lowest BCUT2D eigenvalue weighted by Gasteiger charge is -2.33. The number of aryl methyl sites for hydroxylation is 1. The second-order valence-corrected chi connectivity index (χ2v) is 11.0. The summed E-state index contributed by atoms with van der Waals surface area (Å²) in [7, 11) is 0. The number of carbonyl (C=O) groups is 1. The summed E-state index contributed by atoms with van der Waals surface area (Å²) in [6.07, 6.45) is 6.95. The summed E-state index contributed by atoms with van der Waals surface area (Å²) in [5.74, 6) is 0.827. The predicted molar refractivity (Wildman–Crippen MR) is 147 cm³/mol. The van der Waals surface area contributed by atoms with Gasteiger partial charge in [-0.25, -0.2) is 13.8 Å². The van der Waals surface area contributed by atoms with Crippen LogP contribution in [0.3, 0.4) is 0 Å². The van der Waals surface area contributed by atoms with E-state index in [0.29, 0.717) is 38.4 Å². The Hall–Kier alpha value is -3.79. The normalized spacial score (nSPS) is 17.9. The van der Waals surface area contributed by atoms with Crippen LogP contribution in [-0.4, -0.2) is 56.3 Å². The molecule has 3 aliphatic heterocycles. The van der Waals surface area contributed by atoms with Gasteiger partial charge in [-0.05, 0) is 66.6 Å². The standard InChI is InChI=1S/C30H32F2N6O2/c1-19(39)36-11-5-26-25(18-36)30(34-38(26)22-6-13-40-14-7-22)37-9-2-3-21-15-23(24(29(31)32)17-27(21)37)20-4-10-35-12-8-33-28(35)16-20/h4,8,10,12,15-17,22,29H,2-3,5-7,9,11,13-14,18H2,1H3. The van der Waals surface area contributed by atoms with Gasteiger partial charge in [0.25, 0.3) is 6.43 Å². The van der Waals surface area contributed by atoms with Crippen molar-refractivity contribution in [3.05, 3.63) is 65.2 Å². The average molecular weight is 547 g/mol. The van der Waals surface area contributed by atoms with Gasteiger partial charge in [-0.15, -0.1) is 0 Å². The number of anilines is 2. The van der Waals surface area contributed by atoms with Crippen molar-refractivity contribution >= 4 is 23.1 Å². The molecule has 3 aromatic heterocycles. The first-order valence-corrected chi connectivity index (χ1v) is 14.1. The molecule has 0 aliphatic carbocycles. The molecule has 0 bridgehead atoms. The van der Waals surface area contributed by atoms with E-state index in [4.69, 9.17) is 9.84 Å². The first-order chi connectivity index (χ1) is 19.5. The molecule has 0 N–H and O–H groups in total. The Balaban J connectivity index is 1.35. The summed E-state index contributed by atoms with van der Waals surface area (Å²) in [6, 6.07) is 7.56. The maximum atomic E-state index is 14.6. The minimum atomic E-state index is -2.64. The number of carbonyl (C=O) groups excluding carboxylic acids is 1. The highest BCUT2D eigenvalue weighted by molar-refractivity contribution is 5.79. The van der Waals surface area contributed by atoms with Crippen molar-refractivity contribution in [2.24, 2.45) is 0 Å². The van der Waals surface area contributed by atoms with Gasteiger partial charge >= 0.3 is 0 Å². The van der Waals surface area contributed by atoms with Crippen LogP contribution in [0.2, 0.25) is 0 Å². The number of rotatable bonds is 4. The van der Waals surface area contributed by atoms with Gasteiger partial charge in [0.15, 0.2) is 5.82 Å². The van der Waals surface area contributed by atoms with Gasteiger partial charge < -0.3 is 18.9 Å². The molecular weight excluding hydrogens is 514 g/mol. The quantitative estimate of drug-likeness (QED) is 0.339. The monoisotopic (exact) mass is 546 g/mol. The van der Waals surface area contributed by atoms with Gasteiger partial charge in [0.1, 0.15) is 5.65 Å². The smallest absolute Gasteiger partial charge is 0.264 e. The topological polar surface area (TPSA) is 67.9 Å². The zero-order chi connectivity index (χ0) is 27.4. The third kappa shape index (κ3) is 4.25. The number of benzene rings is 1. The molecule has 7 rings (SSSR count). The third-order valence-electron chi connectivity index (χ3n) is 8.62. The minimum absolute atomic E-state index is 0.00430. The van der Waals surface area contributed by atoms with Gasteiger partial charge in [-0.1, -0.05) is 0 Å². The van der Waals surface area contributed by atoms with E-state index in [2.05, 4.69) is 14.6 Å². The molecule has 40 heavy (non-hydrogen) atoms. The zero-order valence-electron chi connectivity index (χ0n) is 22.5. The van der Waals surface area contributed by atoms with Gasteiger partial charge in [0.05, 0.1) is 12.6 Å². The zero-order valence-corrected chi connectivity index (χ0v) is 22.5. The lowest BCUT2D eigenvalue weighted by Crippen LogP contribution is -2.36. The molecule has 1 saturated heterocycles. The molecule has 0 spiro atoms. The average Bonchev–Trinajstić information content (AvgIpc) is 3.60. The van der Waals surface area contributed by atoms with Crippen LogP contribution in [0, 0.1) is 0 Å². The largest absolute Gasteiger partial charge is 0.381 e. The molecule has 1 amide bonds. The fourth-order valence-corrected chi connectivity index (χ4v) is 6.52. The van der Waals surface area contributed by atoms with Crippen molar-refractivity contribution in [2.45, 2.75) is 58.0 Å². The number of fused-ring (bicyclic) bond motifs is 3. The third-order valence-corrected chi connectivity index (χ3v) is 8.62. The van der Waals surface area contributed by atoms with E-state index in [1.807, 2.05) is 39.9 Å². The van der Waals surface area contributed by atoms with Crippen LogP contribution >= 0.6 is 0 Å². The van der Waals surface area contributed by atoms with E-state index in [0.717, 1.165) is 71.6 Å². The Bertz CT molecular complexity index is 1590. The first kappa shape index (κ1) is 25.2. The van der Waals surface area contributed by atoms with Crippen molar-refractivity contribution in [3.8, 4) is 11.1 Å². The number of ether oxygens (including phenoxy) is 1. The highest BCUT2D eigenvalue weighted by atomic mass is 19.3. The number of pyridine rings is 1. The second kappa shape index (κ2) is 9.99. The van der Waals surface area contributed by atoms with E-state index in [9.17, 15) is 13.6 Å². The number of nitrogens with zero attached hydrogens (tertiary/aromatic N) is 6. The maximum Gasteiger partial charge on any atom is 0.264 e. The van der Waals surface area contributed by atoms with E-state index in [1.165, 1.54) is 0 Å². The second-order valence-electron chi connectivity index (χ2n) is 11.0. The van der Waals surface area contributed by atoms with E-state index in [-0.39, 0.29) is 17.5 Å². The number of alkyl halides is 2. The molecule has 4 aromatic rings. The van der Waals surface area contributed by atoms with Crippen LogP contribution in [0.5, 0.6) is 0 Å². The van der Waals surface area contributed by atoms with Crippen LogP contribution in [0.4, 0.5) is 20.3 Å². The Morgan fingerprint density at radius 2 is 1.95 bits per heavy atom. The summed E-state index contributed by atoms with van der Waals surface area (Å²) in [6.45, 7) is 4.83. The molecule has 1 fully saturated rings. The molecular formula is C30H32F2N6O2. The summed E-state index contributed by atoms with van der Waals surface area (Å²) in [4.78, 5) is 20.6. The Labute approximate surface area is 231 Å². The summed E-state index contributed by atoms with van der Waals surface area (Å²) < 4.78 is 38.9. The first-order valence-electron chi connectivity index (χ1n) is 14.1. The fourth-order valence-electron chi connectivity index (χ4n) is 6.52. The number of hydrogen-bond donors (Lipinski definition) is 0. The molecule has 1 aromatic carbocycles. The number of imidazole rings is 1. The van der Waals surface area contributed by atoms with Gasteiger partial charge in [0.2, 0.25) is 5.91 Å². The van der Waals surface area contributed by atoms with Crippen LogP contribution in [0.25, 0.3) is 16.8 Å². The van der Waals surface area contributed by atoms with Crippen molar-refractivity contribution in [3.63, 3.8) is 0 Å². The molecule has 3 aliphatic rings. The Morgan fingerprint density at radius 1 is 1.10 bits per heavy atom. The van der Waals surface area contributed by atoms with Gasteiger partial charge in [0, 0.05) is 80.7 Å². The van der Waals surface area contributed by atoms with E-state index in [1.54, 1.807) is 19.2 Å². The summed E-state index contributed by atoms with van der Waals surface area (Å²) in [5, 5.41) is 5.17. The van der Waals surface area contributed by atoms with Crippen molar-refractivity contribution in [1.82, 2.24) is 24.1 Å². The van der Waals surface area contributed by atoms with Crippen molar-refractivity contribution in [2.75, 3.05) is 31.2 Å².